The Morgan fingerprint density at radius 3 is 2.91 bits per heavy atom. The minimum absolute atomic E-state index is 0.0542. The van der Waals surface area contributed by atoms with E-state index < -0.39 is 0 Å². The summed E-state index contributed by atoms with van der Waals surface area (Å²) in [6, 6.07) is 3.79. The third-order valence-electron chi connectivity index (χ3n) is 4.23. The number of fused-ring (bicyclic) bond motifs is 1. The number of nitrogens with zero attached hydrogens (tertiary/aromatic N) is 4. The number of piperidine rings is 1. The first-order valence-electron chi connectivity index (χ1n) is 7.47. The standard InChI is InChI=1S/C15H15N5O2S/c21-14(12-2-1-7-23-12)19-5-3-10(4-6-19)20-13-11(18-15(20)22)8-16-9-17-13/h1-2,7-10H,3-6H2,(H,18,22). The van der Waals surface area contributed by atoms with Crippen LogP contribution in [-0.2, 0) is 0 Å². The Morgan fingerprint density at radius 2 is 2.17 bits per heavy atom. The van der Waals surface area contributed by atoms with Gasteiger partial charge in [-0.15, -0.1) is 11.3 Å². The Hall–Kier alpha value is -2.48. The molecule has 8 heteroatoms. The van der Waals surface area contributed by atoms with E-state index in [1.807, 2.05) is 22.4 Å². The highest BCUT2D eigenvalue weighted by Gasteiger charge is 2.27. The molecule has 1 N–H and O–H groups in total. The van der Waals surface area contributed by atoms with Crippen molar-refractivity contribution in [1.82, 2.24) is 24.4 Å². The van der Waals surface area contributed by atoms with E-state index in [0.29, 0.717) is 24.3 Å². The van der Waals surface area contributed by atoms with Crippen LogP contribution in [-0.4, -0.2) is 43.4 Å². The lowest BCUT2D eigenvalue weighted by Crippen LogP contribution is -2.40. The predicted octanol–water partition coefficient (Wildman–Crippen LogP) is 1.66. The van der Waals surface area contributed by atoms with Crippen molar-refractivity contribution < 1.29 is 4.79 Å². The van der Waals surface area contributed by atoms with E-state index >= 15 is 0 Å². The zero-order valence-corrected chi connectivity index (χ0v) is 13.1. The molecule has 0 atom stereocenters. The Morgan fingerprint density at radius 1 is 1.35 bits per heavy atom. The van der Waals surface area contributed by atoms with Crippen molar-refractivity contribution in [1.29, 1.82) is 0 Å². The molecule has 1 aliphatic rings. The fourth-order valence-electron chi connectivity index (χ4n) is 3.10. The van der Waals surface area contributed by atoms with Crippen molar-refractivity contribution in [2.24, 2.45) is 0 Å². The molecule has 0 saturated carbocycles. The smallest absolute Gasteiger partial charge is 0.327 e. The number of thiophene rings is 1. The Bertz CT molecular complexity index is 890. The van der Waals surface area contributed by atoms with Gasteiger partial charge in [0.2, 0.25) is 0 Å². The summed E-state index contributed by atoms with van der Waals surface area (Å²) >= 11 is 1.46. The Balaban J connectivity index is 1.54. The summed E-state index contributed by atoms with van der Waals surface area (Å²) in [4.78, 5) is 38.1. The van der Waals surface area contributed by atoms with Gasteiger partial charge < -0.3 is 9.88 Å². The fourth-order valence-corrected chi connectivity index (χ4v) is 3.79. The Kier molecular flexibility index (Phi) is 3.45. The van der Waals surface area contributed by atoms with Gasteiger partial charge in [0.25, 0.3) is 5.91 Å². The number of aromatic amines is 1. The average molecular weight is 329 g/mol. The van der Waals surface area contributed by atoms with Gasteiger partial charge in [0.15, 0.2) is 5.65 Å². The molecular formula is C15H15N5O2S. The van der Waals surface area contributed by atoms with Gasteiger partial charge in [0.05, 0.1) is 11.1 Å². The minimum atomic E-state index is -0.163. The number of hydrogen-bond donors (Lipinski definition) is 1. The van der Waals surface area contributed by atoms with Crippen molar-refractivity contribution >= 4 is 28.4 Å². The van der Waals surface area contributed by atoms with Gasteiger partial charge in [-0.2, -0.15) is 0 Å². The molecule has 0 bridgehead atoms. The maximum Gasteiger partial charge on any atom is 0.327 e. The predicted molar refractivity (Wildman–Crippen MR) is 86.6 cm³/mol. The molecule has 0 aliphatic carbocycles. The number of rotatable bonds is 2. The number of carbonyl (C=O) groups excluding carboxylic acids is 1. The number of amides is 1. The minimum Gasteiger partial charge on any atom is -0.338 e. The molecule has 1 saturated heterocycles. The van der Waals surface area contributed by atoms with Gasteiger partial charge in [0, 0.05) is 19.1 Å². The number of H-pyrrole nitrogens is 1. The first kappa shape index (κ1) is 14.1. The summed E-state index contributed by atoms with van der Waals surface area (Å²) in [6.07, 6.45) is 4.54. The second-order valence-electron chi connectivity index (χ2n) is 5.56. The first-order valence-corrected chi connectivity index (χ1v) is 8.35. The Labute approximate surface area is 135 Å². The maximum absolute atomic E-state index is 12.4. The summed E-state index contributed by atoms with van der Waals surface area (Å²) in [5, 5.41) is 1.91. The lowest BCUT2D eigenvalue weighted by atomic mass is 10.0. The van der Waals surface area contributed by atoms with Crippen molar-refractivity contribution in [3.8, 4) is 0 Å². The van der Waals surface area contributed by atoms with Gasteiger partial charge in [-0.1, -0.05) is 6.07 Å². The molecule has 23 heavy (non-hydrogen) atoms. The van der Waals surface area contributed by atoms with Crippen LogP contribution in [0.15, 0.2) is 34.8 Å². The average Bonchev–Trinajstić information content (AvgIpc) is 3.21. The molecule has 1 amide bonds. The van der Waals surface area contributed by atoms with Gasteiger partial charge in [-0.05, 0) is 24.3 Å². The first-order chi connectivity index (χ1) is 11.2. The molecule has 3 aromatic rings. The fraction of sp³-hybridized carbons (Fsp3) is 0.333. The monoisotopic (exact) mass is 329 g/mol. The molecular weight excluding hydrogens is 314 g/mol. The van der Waals surface area contributed by atoms with Gasteiger partial charge in [0.1, 0.15) is 11.8 Å². The van der Waals surface area contributed by atoms with Crippen LogP contribution in [0.4, 0.5) is 0 Å². The summed E-state index contributed by atoms with van der Waals surface area (Å²) < 4.78 is 1.70. The van der Waals surface area contributed by atoms with E-state index in [9.17, 15) is 9.59 Å². The number of likely N-dealkylation sites (tertiary alicyclic amines) is 1. The number of hydrogen-bond acceptors (Lipinski definition) is 5. The van der Waals surface area contributed by atoms with Crippen LogP contribution in [0.3, 0.4) is 0 Å². The second-order valence-corrected chi connectivity index (χ2v) is 6.51. The molecule has 0 radical (unpaired) electrons. The van der Waals surface area contributed by atoms with E-state index in [2.05, 4.69) is 15.0 Å². The van der Waals surface area contributed by atoms with Crippen LogP contribution in [0.5, 0.6) is 0 Å². The normalized spacial score (nSPS) is 16.1. The van der Waals surface area contributed by atoms with Crippen molar-refractivity contribution in [2.45, 2.75) is 18.9 Å². The zero-order chi connectivity index (χ0) is 15.8. The molecule has 1 aliphatic heterocycles. The number of nitrogens with one attached hydrogen (secondary N) is 1. The molecule has 0 spiro atoms. The highest BCUT2D eigenvalue weighted by molar-refractivity contribution is 7.12. The van der Waals surface area contributed by atoms with Crippen LogP contribution in [0.2, 0.25) is 0 Å². The molecule has 4 heterocycles. The van der Waals surface area contributed by atoms with Crippen molar-refractivity contribution in [3.05, 3.63) is 45.4 Å². The summed E-state index contributed by atoms with van der Waals surface area (Å²) in [5.41, 5.74) is 1.12. The van der Waals surface area contributed by atoms with E-state index in [1.54, 1.807) is 10.8 Å². The molecule has 118 valence electrons. The zero-order valence-electron chi connectivity index (χ0n) is 12.3. The highest BCUT2D eigenvalue weighted by Crippen LogP contribution is 2.25. The van der Waals surface area contributed by atoms with E-state index in [0.717, 1.165) is 17.7 Å². The molecule has 0 aromatic carbocycles. The van der Waals surface area contributed by atoms with Crippen LogP contribution in [0, 0.1) is 0 Å². The lowest BCUT2D eigenvalue weighted by Gasteiger charge is -2.32. The van der Waals surface area contributed by atoms with Crippen LogP contribution < -0.4 is 5.69 Å². The van der Waals surface area contributed by atoms with Gasteiger partial charge in [-0.3, -0.25) is 9.36 Å². The van der Waals surface area contributed by atoms with E-state index in [4.69, 9.17) is 0 Å². The summed E-state index contributed by atoms with van der Waals surface area (Å²) in [5.74, 6) is 0.0760. The highest BCUT2D eigenvalue weighted by atomic mass is 32.1. The molecule has 1 fully saturated rings. The van der Waals surface area contributed by atoms with Crippen LogP contribution in [0.1, 0.15) is 28.6 Å². The second kappa shape index (κ2) is 5.62. The van der Waals surface area contributed by atoms with E-state index in [-0.39, 0.29) is 17.6 Å². The topological polar surface area (TPSA) is 83.9 Å². The van der Waals surface area contributed by atoms with Gasteiger partial charge in [-0.25, -0.2) is 14.8 Å². The van der Waals surface area contributed by atoms with Crippen LogP contribution >= 0.6 is 11.3 Å². The quantitative estimate of drug-likeness (QED) is 0.775. The van der Waals surface area contributed by atoms with E-state index in [1.165, 1.54) is 17.7 Å². The SMILES string of the molecule is O=C(c1cccs1)N1CCC(n2c(=O)[nH]c3cncnc32)CC1. The third kappa shape index (κ3) is 2.44. The lowest BCUT2D eigenvalue weighted by molar-refractivity contribution is 0.0700. The maximum atomic E-state index is 12.4. The van der Waals surface area contributed by atoms with Crippen molar-refractivity contribution in [2.75, 3.05) is 13.1 Å². The molecule has 0 unspecified atom stereocenters. The third-order valence-corrected chi connectivity index (χ3v) is 5.09. The summed E-state index contributed by atoms with van der Waals surface area (Å²) in [7, 11) is 0. The van der Waals surface area contributed by atoms with Gasteiger partial charge >= 0.3 is 5.69 Å². The number of imidazole rings is 1. The largest absolute Gasteiger partial charge is 0.338 e. The van der Waals surface area contributed by atoms with Crippen molar-refractivity contribution in [3.63, 3.8) is 0 Å². The molecule has 7 nitrogen and oxygen atoms in total. The summed E-state index contributed by atoms with van der Waals surface area (Å²) in [6.45, 7) is 1.29. The number of aromatic nitrogens is 4. The van der Waals surface area contributed by atoms with Crippen LogP contribution in [0.25, 0.3) is 11.2 Å². The molecule has 3 aromatic heterocycles. The molecule has 4 rings (SSSR count). The number of carbonyl (C=O) groups is 1.